The van der Waals surface area contributed by atoms with Crippen LogP contribution in [-0.4, -0.2) is 34.2 Å². The summed E-state index contributed by atoms with van der Waals surface area (Å²) in [5, 5.41) is 6.25. The van der Waals surface area contributed by atoms with E-state index in [0.717, 1.165) is 28.8 Å². The number of aliphatic imine (C=N–C) groups is 1. The van der Waals surface area contributed by atoms with E-state index >= 15 is 0 Å². The van der Waals surface area contributed by atoms with E-state index in [-0.39, 0.29) is 29.7 Å². The summed E-state index contributed by atoms with van der Waals surface area (Å²) in [6, 6.07) is 12.4. The van der Waals surface area contributed by atoms with Crippen LogP contribution in [0.5, 0.6) is 0 Å². The molecule has 5 nitrogen and oxygen atoms in total. The van der Waals surface area contributed by atoms with Gasteiger partial charge in [-0.05, 0) is 35.2 Å². The van der Waals surface area contributed by atoms with Gasteiger partial charge in [-0.3, -0.25) is 4.99 Å². The summed E-state index contributed by atoms with van der Waals surface area (Å²) in [7, 11) is -1.44. The lowest BCUT2D eigenvalue weighted by atomic mass is 10.1. The van der Waals surface area contributed by atoms with Crippen LogP contribution in [0.2, 0.25) is 0 Å². The maximum absolute atomic E-state index is 12.6. The molecule has 2 N–H and O–H groups in total. The van der Waals surface area contributed by atoms with E-state index in [9.17, 15) is 21.6 Å². The predicted molar refractivity (Wildman–Crippen MR) is 124 cm³/mol. The summed E-state index contributed by atoms with van der Waals surface area (Å²) < 4.78 is 60.4. The summed E-state index contributed by atoms with van der Waals surface area (Å²) >= 11 is 0. The Hall–Kier alpha value is -1.82. The van der Waals surface area contributed by atoms with E-state index in [1.54, 1.807) is 19.2 Å². The van der Waals surface area contributed by atoms with Crippen LogP contribution < -0.4 is 10.6 Å². The van der Waals surface area contributed by atoms with Gasteiger partial charge in [-0.1, -0.05) is 36.4 Å². The van der Waals surface area contributed by atoms with Crippen LogP contribution in [0.1, 0.15) is 22.3 Å². The van der Waals surface area contributed by atoms with E-state index in [1.165, 1.54) is 18.4 Å². The van der Waals surface area contributed by atoms with Gasteiger partial charge in [0.25, 0.3) is 0 Å². The smallest absolute Gasteiger partial charge is 0.356 e. The number of guanidine groups is 1. The highest BCUT2D eigenvalue weighted by Crippen LogP contribution is 2.29. The minimum absolute atomic E-state index is 0. The Morgan fingerprint density at radius 1 is 0.933 bits per heavy atom. The van der Waals surface area contributed by atoms with Crippen LogP contribution in [0.3, 0.4) is 0 Å². The highest BCUT2D eigenvalue weighted by Gasteiger charge is 2.29. The molecular weight excluding hydrogens is 530 g/mol. The lowest BCUT2D eigenvalue weighted by Crippen LogP contribution is -2.37. The van der Waals surface area contributed by atoms with Crippen molar-refractivity contribution in [1.82, 2.24) is 10.6 Å². The summed E-state index contributed by atoms with van der Waals surface area (Å²) in [6.07, 6.45) is -2.58. The number of sulfone groups is 1. The average molecular weight is 555 g/mol. The van der Waals surface area contributed by atoms with E-state index in [2.05, 4.69) is 15.6 Å². The molecule has 0 aliphatic rings. The van der Waals surface area contributed by atoms with Gasteiger partial charge in [0.15, 0.2) is 15.8 Å². The zero-order chi connectivity index (χ0) is 21.5. The molecule has 0 aliphatic heterocycles. The van der Waals surface area contributed by atoms with Crippen LogP contribution in [0.4, 0.5) is 13.2 Å². The molecular formula is C20H25F3IN3O2S. The molecule has 0 aliphatic carbocycles. The maximum Gasteiger partial charge on any atom is 0.416 e. The molecule has 0 saturated carbocycles. The Bertz CT molecular complexity index is 929. The topological polar surface area (TPSA) is 70.6 Å². The molecule has 0 spiro atoms. The van der Waals surface area contributed by atoms with E-state index in [0.29, 0.717) is 25.5 Å². The largest absolute Gasteiger partial charge is 0.416 e. The first kappa shape index (κ1) is 26.2. The third kappa shape index (κ3) is 9.33. The monoisotopic (exact) mass is 555 g/mol. The first-order chi connectivity index (χ1) is 13.6. The van der Waals surface area contributed by atoms with Crippen molar-refractivity contribution < 1.29 is 21.6 Å². The summed E-state index contributed by atoms with van der Waals surface area (Å²) in [5.74, 6) is 0.575. The van der Waals surface area contributed by atoms with Gasteiger partial charge in [-0.15, -0.1) is 24.0 Å². The van der Waals surface area contributed by atoms with Crippen molar-refractivity contribution in [2.24, 2.45) is 4.99 Å². The third-order valence-electron chi connectivity index (χ3n) is 4.12. The van der Waals surface area contributed by atoms with Gasteiger partial charge in [0, 0.05) is 26.4 Å². The molecule has 2 aromatic rings. The molecule has 0 bridgehead atoms. The number of hydrogen-bond acceptors (Lipinski definition) is 3. The summed E-state index contributed by atoms with van der Waals surface area (Å²) in [4.78, 5) is 4.11. The molecule has 0 unspecified atom stereocenters. The van der Waals surface area contributed by atoms with Crippen molar-refractivity contribution in [2.45, 2.75) is 24.9 Å². The number of rotatable bonds is 7. The second-order valence-electron chi connectivity index (χ2n) is 6.68. The van der Waals surface area contributed by atoms with Crippen molar-refractivity contribution in [3.05, 3.63) is 70.8 Å². The highest BCUT2D eigenvalue weighted by molar-refractivity contribution is 14.0. The molecule has 0 aromatic heterocycles. The van der Waals surface area contributed by atoms with Gasteiger partial charge >= 0.3 is 6.18 Å². The van der Waals surface area contributed by atoms with Gasteiger partial charge in [-0.25, -0.2) is 8.42 Å². The number of nitrogens with zero attached hydrogens (tertiary/aromatic N) is 1. The summed E-state index contributed by atoms with van der Waals surface area (Å²) in [5.41, 5.74) is 1.83. The van der Waals surface area contributed by atoms with Gasteiger partial charge in [0.2, 0.25) is 0 Å². The maximum atomic E-state index is 12.6. The molecule has 0 radical (unpaired) electrons. The quantitative estimate of drug-likeness (QED) is 0.310. The van der Waals surface area contributed by atoms with Crippen molar-refractivity contribution in [1.29, 1.82) is 0 Å². The molecule has 10 heteroatoms. The van der Waals surface area contributed by atoms with Crippen LogP contribution in [0.25, 0.3) is 0 Å². The minimum Gasteiger partial charge on any atom is -0.356 e. The Balaban J connectivity index is 0.00000450. The molecule has 0 saturated heterocycles. The average Bonchev–Trinajstić information content (AvgIpc) is 2.64. The number of alkyl halides is 3. The lowest BCUT2D eigenvalue weighted by molar-refractivity contribution is -0.137. The van der Waals surface area contributed by atoms with Crippen molar-refractivity contribution in [3.8, 4) is 0 Å². The van der Waals surface area contributed by atoms with E-state index in [4.69, 9.17) is 0 Å². The Labute approximate surface area is 192 Å². The first-order valence-electron chi connectivity index (χ1n) is 8.93. The number of halogens is 4. The van der Waals surface area contributed by atoms with Crippen molar-refractivity contribution in [2.75, 3.05) is 19.8 Å². The molecule has 30 heavy (non-hydrogen) atoms. The lowest BCUT2D eigenvalue weighted by Gasteiger charge is -2.13. The standard InChI is InChI=1S/C20H24F3N3O2S.HI/c1-24-19(25-12-11-15-7-9-18(10-8-15)20(21,22)23)26-13-16-3-5-17(6-4-16)14-29(2,27)28;/h3-10H,11-14H2,1-2H3,(H2,24,25,26);1H. The summed E-state index contributed by atoms with van der Waals surface area (Å²) in [6.45, 7) is 1.01. The minimum atomic E-state index is -4.33. The van der Waals surface area contributed by atoms with Gasteiger partial charge in [0.1, 0.15) is 0 Å². The Morgan fingerprint density at radius 2 is 1.47 bits per heavy atom. The molecule has 2 rings (SSSR count). The van der Waals surface area contributed by atoms with E-state index in [1.807, 2.05) is 12.1 Å². The fourth-order valence-corrected chi connectivity index (χ4v) is 3.45. The molecule has 0 fully saturated rings. The van der Waals surface area contributed by atoms with Gasteiger partial charge in [0.05, 0.1) is 11.3 Å². The van der Waals surface area contributed by atoms with E-state index < -0.39 is 21.6 Å². The fourth-order valence-electron chi connectivity index (χ4n) is 2.65. The van der Waals surface area contributed by atoms with Crippen molar-refractivity contribution in [3.63, 3.8) is 0 Å². The van der Waals surface area contributed by atoms with Crippen LogP contribution in [-0.2, 0) is 34.7 Å². The normalized spacial score (nSPS) is 12.2. The van der Waals surface area contributed by atoms with Crippen LogP contribution >= 0.6 is 24.0 Å². The Kier molecular flexibility index (Phi) is 10.1. The predicted octanol–water partition coefficient (Wildman–Crippen LogP) is 3.78. The van der Waals surface area contributed by atoms with Crippen molar-refractivity contribution >= 4 is 39.8 Å². The second-order valence-corrected chi connectivity index (χ2v) is 8.82. The zero-order valence-corrected chi connectivity index (χ0v) is 19.8. The Morgan fingerprint density at radius 3 is 1.97 bits per heavy atom. The molecule has 0 heterocycles. The molecule has 0 amide bonds. The van der Waals surface area contributed by atoms with Gasteiger partial charge in [-0.2, -0.15) is 13.2 Å². The number of nitrogens with one attached hydrogen (secondary N) is 2. The number of hydrogen-bond donors (Lipinski definition) is 2. The van der Waals surface area contributed by atoms with Crippen LogP contribution in [0.15, 0.2) is 53.5 Å². The zero-order valence-electron chi connectivity index (χ0n) is 16.7. The molecule has 166 valence electrons. The first-order valence-corrected chi connectivity index (χ1v) is 11.0. The SMILES string of the molecule is CN=C(NCCc1ccc(C(F)(F)F)cc1)NCc1ccc(CS(C)(=O)=O)cc1.I. The second kappa shape index (κ2) is 11.5. The number of benzene rings is 2. The molecule has 2 aromatic carbocycles. The molecule has 0 atom stereocenters. The third-order valence-corrected chi connectivity index (χ3v) is 4.98. The van der Waals surface area contributed by atoms with Crippen LogP contribution in [0, 0.1) is 0 Å². The highest BCUT2D eigenvalue weighted by atomic mass is 127. The van der Waals surface area contributed by atoms with Gasteiger partial charge < -0.3 is 10.6 Å². The fraction of sp³-hybridized carbons (Fsp3) is 0.350.